The first-order valence-electron chi connectivity index (χ1n) is 7.14. The Morgan fingerprint density at radius 1 is 1.33 bits per heavy atom. The molecule has 122 valence electrons. The maximum Gasteiger partial charge on any atom is 0.308 e. The fourth-order valence-electron chi connectivity index (χ4n) is 2.45. The number of carboxylic acids is 1. The zero-order valence-corrected chi connectivity index (χ0v) is 13.6. The van der Waals surface area contributed by atoms with Crippen molar-refractivity contribution < 1.29 is 23.1 Å². The van der Waals surface area contributed by atoms with E-state index in [0.29, 0.717) is 25.9 Å². The number of amides is 1. The Bertz CT molecular complexity index is 483. The van der Waals surface area contributed by atoms with Gasteiger partial charge in [0.1, 0.15) is 0 Å². The van der Waals surface area contributed by atoms with Gasteiger partial charge in [-0.1, -0.05) is 6.92 Å². The first-order chi connectivity index (χ1) is 9.69. The molecule has 1 heterocycles. The van der Waals surface area contributed by atoms with Crippen LogP contribution in [-0.4, -0.2) is 67.0 Å². The number of carboxylic acid groups (broad SMARTS) is 1. The molecule has 1 rings (SSSR count). The van der Waals surface area contributed by atoms with Gasteiger partial charge in [-0.05, 0) is 19.8 Å². The van der Waals surface area contributed by atoms with Crippen molar-refractivity contribution >= 4 is 21.9 Å². The van der Waals surface area contributed by atoms with Crippen molar-refractivity contribution in [2.24, 2.45) is 11.8 Å². The molecule has 0 spiro atoms. The molecule has 1 aliphatic heterocycles. The molecule has 0 bridgehead atoms. The van der Waals surface area contributed by atoms with E-state index in [1.54, 1.807) is 20.9 Å². The zero-order valence-electron chi connectivity index (χ0n) is 12.8. The van der Waals surface area contributed by atoms with E-state index in [1.165, 1.54) is 9.21 Å². The Kier molecular flexibility index (Phi) is 6.15. The van der Waals surface area contributed by atoms with Crippen LogP contribution >= 0.6 is 0 Å². The molecule has 0 aliphatic carbocycles. The van der Waals surface area contributed by atoms with Crippen LogP contribution in [0.1, 0.15) is 26.7 Å². The minimum Gasteiger partial charge on any atom is -0.481 e. The molecular formula is C13H24N2O5S. The third-order valence-corrected chi connectivity index (χ3v) is 5.79. The molecule has 21 heavy (non-hydrogen) atoms. The number of nitrogens with zero attached hydrogens (tertiary/aromatic N) is 2. The molecule has 0 saturated carbocycles. The Hall–Kier alpha value is -1.15. The second-order valence-electron chi connectivity index (χ2n) is 5.53. The highest BCUT2D eigenvalue weighted by Crippen LogP contribution is 2.21. The summed E-state index contributed by atoms with van der Waals surface area (Å²) in [6.07, 6.45) is 0.980. The third-order valence-electron chi connectivity index (χ3n) is 3.91. The number of sulfonamides is 1. The average Bonchev–Trinajstić information content (AvgIpc) is 2.46. The second-order valence-corrected chi connectivity index (χ2v) is 7.79. The fraction of sp³-hybridized carbons (Fsp3) is 0.846. The van der Waals surface area contributed by atoms with Crippen molar-refractivity contribution in [3.8, 4) is 0 Å². The number of hydrogen-bond donors (Lipinski definition) is 1. The lowest BCUT2D eigenvalue weighted by Crippen LogP contribution is -2.45. The number of carbonyl (C=O) groups is 2. The van der Waals surface area contributed by atoms with Gasteiger partial charge < -0.3 is 10.0 Å². The quantitative estimate of drug-likeness (QED) is 0.756. The summed E-state index contributed by atoms with van der Waals surface area (Å²) in [6.45, 7) is 4.04. The molecular weight excluding hydrogens is 296 g/mol. The maximum atomic E-state index is 12.2. The Labute approximate surface area is 126 Å². The van der Waals surface area contributed by atoms with Crippen LogP contribution in [0.4, 0.5) is 0 Å². The minimum absolute atomic E-state index is 0.0711. The smallest absolute Gasteiger partial charge is 0.308 e. The van der Waals surface area contributed by atoms with Crippen molar-refractivity contribution in [1.82, 2.24) is 9.21 Å². The molecule has 1 saturated heterocycles. The monoisotopic (exact) mass is 320 g/mol. The lowest BCUT2D eigenvalue weighted by molar-refractivity contribution is -0.143. The normalized spacial score (nSPS) is 19.2. The minimum atomic E-state index is -3.19. The second kappa shape index (κ2) is 7.22. The molecule has 1 unspecified atom stereocenters. The van der Waals surface area contributed by atoms with Crippen molar-refractivity contribution in [3.05, 3.63) is 0 Å². The van der Waals surface area contributed by atoms with Crippen LogP contribution in [0.15, 0.2) is 0 Å². The highest BCUT2D eigenvalue weighted by atomic mass is 32.2. The van der Waals surface area contributed by atoms with Crippen molar-refractivity contribution in [3.63, 3.8) is 0 Å². The summed E-state index contributed by atoms with van der Waals surface area (Å²) >= 11 is 0. The molecule has 0 aromatic rings. The molecule has 1 amide bonds. The summed E-state index contributed by atoms with van der Waals surface area (Å²) in [5.74, 6) is -1.80. The molecule has 1 fully saturated rings. The van der Waals surface area contributed by atoms with E-state index in [9.17, 15) is 18.0 Å². The van der Waals surface area contributed by atoms with Crippen LogP contribution in [-0.2, 0) is 19.6 Å². The molecule has 8 heteroatoms. The Balaban J connectivity index is 2.54. The van der Waals surface area contributed by atoms with Gasteiger partial charge in [0.05, 0.1) is 11.7 Å². The topological polar surface area (TPSA) is 95.0 Å². The van der Waals surface area contributed by atoms with E-state index >= 15 is 0 Å². The van der Waals surface area contributed by atoms with Crippen molar-refractivity contribution in [1.29, 1.82) is 0 Å². The first kappa shape index (κ1) is 17.9. The summed E-state index contributed by atoms with van der Waals surface area (Å²) in [6, 6.07) is 0. The Morgan fingerprint density at radius 3 is 2.29 bits per heavy atom. The van der Waals surface area contributed by atoms with Gasteiger partial charge >= 0.3 is 5.97 Å². The van der Waals surface area contributed by atoms with Crippen molar-refractivity contribution in [2.75, 3.05) is 32.4 Å². The van der Waals surface area contributed by atoms with E-state index in [0.717, 1.165) is 0 Å². The van der Waals surface area contributed by atoms with Gasteiger partial charge in [0.15, 0.2) is 0 Å². The molecule has 7 nitrogen and oxygen atoms in total. The SMILES string of the molecule is CCS(=O)(=O)N1CCC(C(=O)N(C)CC(C)C(=O)O)CC1. The fourth-order valence-corrected chi connectivity index (χ4v) is 3.59. The van der Waals surface area contributed by atoms with Crippen LogP contribution in [0.25, 0.3) is 0 Å². The zero-order chi connectivity index (χ0) is 16.2. The average molecular weight is 320 g/mol. The van der Waals surface area contributed by atoms with Gasteiger partial charge in [-0.25, -0.2) is 12.7 Å². The molecule has 0 radical (unpaired) electrons. The van der Waals surface area contributed by atoms with E-state index in [2.05, 4.69) is 0 Å². The highest BCUT2D eigenvalue weighted by Gasteiger charge is 2.32. The summed E-state index contributed by atoms with van der Waals surface area (Å²) in [5.41, 5.74) is 0. The van der Waals surface area contributed by atoms with Gasteiger partial charge in [0.25, 0.3) is 0 Å². The first-order valence-corrected chi connectivity index (χ1v) is 8.75. The van der Waals surface area contributed by atoms with E-state index in [1.807, 2.05) is 0 Å². The molecule has 0 aromatic heterocycles. The van der Waals surface area contributed by atoms with Gasteiger partial charge in [-0.2, -0.15) is 0 Å². The summed E-state index contributed by atoms with van der Waals surface area (Å²) in [5, 5.41) is 8.86. The maximum absolute atomic E-state index is 12.2. The van der Waals surface area contributed by atoms with Gasteiger partial charge in [0, 0.05) is 32.6 Å². The summed E-state index contributed by atoms with van der Waals surface area (Å²) < 4.78 is 24.9. The predicted octanol–water partition coefficient (Wildman–Crippen LogP) is 0.227. The number of hydrogen-bond acceptors (Lipinski definition) is 4. The van der Waals surface area contributed by atoms with E-state index < -0.39 is 21.9 Å². The lowest BCUT2D eigenvalue weighted by atomic mass is 9.96. The van der Waals surface area contributed by atoms with Crippen molar-refractivity contribution in [2.45, 2.75) is 26.7 Å². The van der Waals surface area contributed by atoms with Gasteiger partial charge in [0.2, 0.25) is 15.9 Å². The van der Waals surface area contributed by atoms with Crippen LogP contribution in [0, 0.1) is 11.8 Å². The van der Waals surface area contributed by atoms with Crippen LogP contribution in [0.3, 0.4) is 0 Å². The number of rotatable bonds is 6. The number of piperidine rings is 1. The van der Waals surface area contributed by atoms with Gasteiger partial charge in [-0.3, -0.25) is 9.59 Å². The summed E-state index contributed by atoms with van der Waals surface area (Å²) in [7, 11) is -1.60. The molecule has 0 aromatic carbocycles. The predicted molar refractivity (Wildman–Crippen MR) is 78.2 cm³/mol. The molecule has 1 N–H and O–H groups in total. The summed E-state index contributed by atoms with van der Waals surface area (Å²) in [4.78, 5) is 24.5. The Morgan fingerprint density at radius 2 is 1.86 bits per heavy atom. The van der Waals surface area contributed by atoms with Crippen LogP contribution in [0.5, 0.6) is 0 Å². The van der Waals surface area contributed by atoms with Gasteiger partial charge in [-0.15, -0.1) is 0 Å². The third kappa shape index (κ3) is 4.67. The molecule has 1 atom stereocenters. The largest absolute Gasteiger partial charge is 0.481 e. The highest BCUT2D eigenvalue weighted by molar-refractivity contribution is 7.89. The van der Waals surface area contributed by atoms with E-state index in [-0.39, 0.29) is 24.1 Å². The lowest BCUT2D eigenvalue weighted by Gasteiger charge is -2.32. The van der Waals surface area contributed by atoms with E-state index in [4.69, 9.17) is 5.11 Å². The van der Waals surface area contributed by atoms with Crippen LogP contribution in [0.2, 0.25) is 0 Å². The standard InChI is InChI=1S/C13H24N2O5S/c1-4-21(19,20)15-7-5-11(6-8-15)12(16)14(3)9-10(2)13(17)18/h10-11H,4-9H2,1-3H3,(H,17,18). The number of aliphatic carboxylic acids is 1. The number of carbonyl (C=O) groups excluding carboxylic acids is 1. The molecule has 1 aliphatic rings. The van der Waals surface area contributed by atoms with Crippen LogP contribution < -0.4 is 0 Å².